The number of rotatable bonds is 3. The lowest BCUT2D eigenvalue weighted by atomic mass is 9.99. The van der Waals surface area contributed by atoms with E-state index >= 15 is 0 Å². The molecule has 3 heteroatoms. The average Bonchev–Trinajstić information content (AvgIpc) is 3.00. The van der Waals surface area contributed by atoms with Crippen molar-refractivity contribution < 1.29 is 0 Å². The van der Waals surface area contributed by atoms with Gasteiger partial charge < -0.3 is 11.1 Å². The van der Waals surface area contributed by atoms with Gasteiger partial charge in [-0.1, -0.05) is 6.07 Å². The Balaban J connectivity index is 2.47. The van der Waals surface area contributed by atoms with E-state index in [1.165, 1.54) is 18.4 Å². The summed E-state index contributed by atoms with van der Waals surface area (Å²) in [6.07, 6.45) is 3.46. The normalized spacial score (nSPS) is 15.1. The maximum absolute atomic E-state index is 7.64. The molecule has 0 aromatic heterocycles. The Morgan fingerprint density at radius 3 is 2.71 bits per heavy atom. The highest BCUT2D eigenvalue weighted by Gasteiger charge is 2.26. The molecule has 1 fully saturated rings. The molecule has 1 aromatic carbocycles. The van der Waals surface area contributed by atoms with Gasteiger partial charge in [-0.2, -0.15) is 0 Å². The van der Waals surface area contributed by atoms with Crippen LogP contribution >= 0.6 is 0 Å². The SMILES string of the molecule is N=CC(=N)c1cc(N)ccc1C1CC1. The van der Waals surface area contributed by atoms with Gasteiger partial charge >= 0.3 is 0 Å². The molecule has 0 atom stereocenters. The third-order valence-corrected chi connectivity index (χ3v) is 2.53. The first-order valence-electron chi connectivity index (χ1n) is 4.71. The van der Waals surface area contributed by atoms with Gasteiger partial charge in [-0.15, -0.1) is 0 Å². The number of nitrogens with two attached hydrogens (primary N) is 1. The quantitative estimate of drug-likeness (QED) is 0.492. The van der Waals surface area contributed by atoms with Gasteiger partial charge in [-0.05, 0) is 36.5 Å². The first-order valence-corrected chi connectivity index (χ1v) is 4.71. The fraction of sp³-hybridized carbons (Fsp3) is 0.273. The predicted molar refractivity (Wildman–Crippen MR) is 58.4 cm³/mol. The van der Waals surface area contributed by atoms with Gasteiger partial charge in [0.15, 0.2) is 0 Å². The van der Waals surface area contributed by atoms with E-state index in [0.717, 1.165) is 11.8 Å². The van der Waals surface area contributed by atoms with E-state index in [1.54, 1.807) is 6.07 Å². The molecule has 3 nitrogen and oxygen atoms in total. The highest BCUT2D eigenvalue weighted by atomic mass is 14.6. The highest BCUT2D eigenvalue weighted by Crippen LogP contribution is 2.42. The van der Waals surface area contributed by atoms with Crippen LogP contribution in [-0.4, -0.2) is 11.9 Å². The van der Waals surface area contributed by atoms with Crippen molar-refractivity contribution in [1.29, 1.82) is 10.8 Å². The van der Waals surface area contributed by atoms with E-state index in [9.17, 15) is 0 Å². The number of hydrogen-bond donors (Lipinski definition) is 3. The number of hydrogen-bond acceptors (Lipinski definition) is 3. The molecule has 1 aromatic rings. The molecule has 0 radical (unpaired) electrons. The third kappa shape index (κ3) is 1.53. The van der Waals surface area contributed by atoms with Gasteiger partial charge in [0, 0.05) is 17.5 Å². The lowest BCUT2D eigenvalue weighted by Gasteiger charge is -2.07. The zero-order valence-corrected chi connectivity index (χ0v) is 7.88. The summed E-state index contributed by atoms with van der Waals surface area (Å²) in [5, 5.41) is 14.7. The van der Waals surface area contributed by atoms with Crippen LogP contribution < -0.4 is 5.73 Å². The van der Waals surface area contributed by atoms with Gasteiger partial charge in [-0.25, -0.2) is 0 Å². The smallest absolute Gasteiger partial charge is 0.0791 e. The maximum atomic E-state index is 7.64. The fourth-order valence-corrected chi connectivity index (χ4v) is 1.64. The molecule has 1 aliphatic rings. The molecular formula is C11H13N3. The summed E-state index contributed by atoms with van der Waals surface area (Å²) in [5.74, 6) is 0.589. The Morgan fingerprint density at radius 2 is 2.14 bits per heavy atom. The van der Waals surface area contributed by atoms with Gasteiger partial charge in [0.05, 0.1) is 5.71 Å². The van der Waals surface area contributed by atoms with Crippen LogP contribution in [0.4, 0.5) is 5.69 Å². The number of anilines is 1. The molecule has 2 rings (SSSR count). The minimum atomic E-state index is 0.249. The second-order valence-electron chi connectivity index (χ2n) is 3.68. The van der Waals surface area contributed by atoms with Crippen LogP contribution in [0, 0.1) is 10.8 Å². The summed E-state index contributed by atoms with van der Waals surface area (Å²) < 4.78 is 0. The van der Waals surface area contributed by atoms with Crippen molar-refractivity contribution in [3.63, 3.8) is 0 Å². The van der Waals surface area contributed by atoms with Crippen molar-refractivity contribution in [3.8, 4) is 0 Å². The van der Waals surface area contributed by atoms with Crippen molar-refractivity contribution in [2.75, 3.05) is 5.73 Å². The van der Waals surface area contributed by atoms with Crippen LogP contribution in [0.15, 0.2) is 18.2 Å². The first-order chi connectivity index (χ1) is 6.72. The molecule has 0 aliphatic heterocycles. The number of benzene rings is 1. The largest absolute Gasteiger partial charge is 0.399 e. The monoisotopic (exact) mass is 187 g/mol. The molecule has 72 valence electrons. The number of nitrogens with one attached hydrogen (secondary N) is 2. The molecule has 14 heavy (non-hydrogen) atoms. The molecule has 0 bridgehead atoms. The van der Waals surface area contributed by atoms with Crippen molar-refractivity contribution in [2.24, 2.45) is 0 Å². The zero-order valence-electron chi connectivity index (χ0n) is 7.88. The fourth-order valence-electron chi connectivity index (χ4n) is 1.64. The summed E-state index contributed by atoms with van der Waals surface area (Å²) >= 11 is 0. The Morgan fingerprint density at radius 1 is 1.43 bits per heavy atom. The lowest BCUT2D eigenvalue weighted by molar-refractivity contribution is 1.12. The van der Waals surface area contributed by atoms with Crippen LogP contribution in [0.25, 0.3) is 0 Å². The molecule has 0 heterocycles. The van der Waals surface area contributed by atoms with Crippen LogP contribution in [-0.2, 0) is 0 Å². The molecule has 1 aliphatic carbocycles. The summed E-state index contributed by atoms with van der Waals surface area (Å²) in [6.45, 7) is 0. The van der Waals surface area contributed by atoms with Crippen molar-refractivity contribution in [3.05, 3.63) is 29.3 Å². The highest BCUT2D eigenvalue weighted by molar-refractivity contribution is 6.36. The Hall–Kier alpha value is -1.64. The minimum Gasteiger partial charge on any atom is -0.399 e. The van der Waals surface area contributed by atoms with E-state index < -0.39 is 0 Å². The van der Waals surface area contributed by atoms with Crippen LogP contribution in [0.3, 0.4) is 0 Å². The first kappa shape index (κ1) is 8.94. The van der Waals surface area contributed by atoms with E-state index in [2.05, 4.69) is 0 Å². The van der Waals surface area contributed by atoms with Crippen LogP contribution in [0.1, 0.15) is 29.9 Å². The minimum absolute atomic E-state index is 0.249. The standard InChI is InChI=1S/C11H13N3/c12-6-11(14)10-5-8(13)3-4-9(10)7-1-2-7/h3-7,12,14H,1-2,13H2. The second-order valence-corrected chi connectivity index (χ2v) is 3.68. The number of nitrogen functional groups attached to an aromatic ring is 1. The van der Waals surface area contributed by atoms with Gasteiger partial charge in [0.25, 0.3) is 0 Å². The van der Waals surface area contributed by atoms with Crippen molar-refractivity contribution in [1.82, 2.24) is 0 Å². The summed E-state index contributed by atoms with van der Waals surface area (Å²) in [5.41, 5.74) is 8.58. The van der Waals surface area contributed by atoms with E-state index in [4.69, 9.17) is 16.6 Å². The van der Waals surface area contributed by atoms with E-state index in [1.807, 2.05) is 12.1 Å². The molecule has 1 saturated carbocycles. The Labute approximate surface area is 83.0 Å². The molecule has 0 spiro atoms. The van der Waals surface area contributed by atoms with Gasteiger partial charge in [-0.3, -0.25) is 5.41 Å². The lowest BCUT2D eigenvalue weighted by Crippen LogP contribution is -2.04. The maximum Gasteiger partial charge on any atom is 0.0791 e. The Bertz CT molecular complexity index is 392. The second kappa shape index (κ2) is 3.25. The van der Waals surface area contributed by atoms with E-state index in [0.29, 0.717) is 11.6 Å². The van der Waals surface area contributed by atoms with Crippen molar-refractivity contribution >= 4 is 17.6 Å². The van der Waals surface area contributed by atoms with Crippen LogP contribution in [0.2, 0.25) is 0 Å². The van der Waals surface area contributed by atoms with Crippen molar-refractivity contribution in [2.45, 2.75) is 18.8 Å². The summed E-state index contributed by atoms with van der Waals surface area (Å²) in [6, 6.07) is 5.65. The van der Waals surface area contributed by atoms with E-state index in [-0.39, 0.29) is 5.71 Å². The van der Waals surface area contributed by atoms with Crippen LogP contribution in [0.5, 0.6) is 0 Å². The molecule has 0 amide bonds. The third-order valence-electron chi connectivity index (χ3n) is 2.53. The molecular weight excluding hydrogens is 174 g/mol. The van der Waals surface area contributed by atoms with Gasteiger partial charge in [0.1, 0.15) is 0 Å². The Kier molecular flexibility index (Phi) is 2.08. The topological polar surface area (TPSA) is 73.7 Å². The summed E-state index contributed by atoms with van der Waals surface area (Å²) in [4.78, 5) is 0. The average molecular weight is 187 g/mol. The predicted octanol–water partition coefficient (Wildman–Crippen LogP) is 2.16. The summed E-state index contributed by atoms with van der Waals surface area (Å²) in [7, 11) is 0. The molecule has 4 N–H and O–H groups in total. The molecule has 0 saturated heterocycles. The molecule has 0 unspecified atom stereocenters. The van der Waals surface area contributed by atoms with Gasteiger partial charge in [0.2, 0.25) is 0 Å². The zero-order chi connectivity index (χ0) is 10.1.